The Labute approximate surface area is 106 Å². The number of pyridine rings is 1. The summed E-state index contributed by atoms with van der Waals surface area (Å²) in [7, 11) is 0. The molecule has 18 heavy (non-hydrogen) atoms. The number of hydrogen-bond acceptors (Lipinski definition) is 4. The molecule has 1 fully saturated rings. The van der Waals surface area contributed by atoms with Crippen LogP contribution in [0, 0.1) is 0 Å². The third-order valence-corrected chi connectivity index (χ3v) is 3.55. The molecule has 0 spiro atoms. The molecule has 1 aliphatic rings. The van der Waals surface area contributed by atoms with E-state index in [1.165, 1.54) is 5.69 Å². The highest BCUT2D eigenvalue weighted by atomic mass is 16.3. The molecule has 0 aliphatic carbocycles. The largest absolute Gasteiger partial charge is 0.399 e. The molecule has 1 aliphatic heterocycles. The third-order valence-electron chi connectivity index (χ3n) is 3.55. The summed E-state index contributed by atoms with van der Waals surface area (Å²) < 4.78 is 0. The molecule has 2 heterocycles. The predicted molar refractivity (Wildman–Crippen MR) is 73.6 cm³/mol. The topological polar surface area (TPSA) is 62.4 Å². The van der Waals surface area contributed by atoms with Gasteiger partial charge in [0.1, 0.15) is 0 Å². The van der Waals surface area contributed by atoms with E-state index in [-0.39, 0.29) is 6.10 Å². The molecule has 4 nitrogen and oxygen atoms in total. The first kappa shape index (κ1) is 11.3. The number of aliphatic hydroxyl groups excluding tert-OH is 1. The van der Waals surface area contributed by atoms with Gasteiger partial charge in [0, 0.05) is 36.0 Å². The molecule has 1 aromatic carbocycles. The van der Waals surface area contributed by atoms with Crippen molar-refractivity contribution in [2.75, 3.05) is 23.7 Å². The van der Waals surface area contributed by atoms with Gasteiger partial charge in [0.2, 0.25) is 0 Å². The first-order valence-corrected chi connectivity index (χ1v) is 6.31. The van der Waals surface area contributed by atoms with Crippen LogP contribution in [0.2, 0.25) is 0 Å². The van der Waals surface area contributed by atoms with E-state index in [4.69, 9.17) is 5.73 Å². The molecule has 0 radical (unpaired) electrons. The molecule has 0 atom stereocenters. The van der Waals surface area contributed by atoms with Crippen molar-refractivity contribution < 1.29 is 5.11 Å². The van der Waals surface area contributed by atoms with Crippen LogP contribution < -0.4 is 10.6 Å². The number of benzene rings is 1. The van der Waals surface area contributed by atoms with Gasteiger partial charge < -0.3 is 15.7 Å². The zero-order valence-electron chi connectivity index (χ0n) is 10.2. The average molecular weight is 243 g/mol. The number of hydrogen-bond donors (Lipinski definition) is 2. The van der Waals surface area contributed by atoms with Gasteiger partial charge in [0.15, 0.2) is 0 Å². The number of fused-ring (bicyclic) bond motifs is 1. The highest BCUT2D eigenvalue weighted by Crippen LogP contribution is 2.28. The van der Waals surface area contributed by atoms with Gasteiger partial charge in [-0.15, -0.1) is 0 Å². The lowest BCUT2D eigenvalue weighted by molar-refractivity contribution is 0.145. The van der Waals surface area contributed by atoms with Gasteiger partial charge >= 0.3 is 0 Å². The predicted octanol–water partition coefficient (Wildman–Crippen LogP) is 1.78. The molecule has 0 saturated carbocycles. The second-order valence-corrected chi connectivity index (χ2v) is 4.82. The standard InChI is InChI=1S/C14H17N3O/c15-10-1-2-12-13(9-10)16-6-3-14(12)17-7-4-11(18)5-8-17/h1-3,6,9,11,18H,4-5,7-8,15H2. The molecular formula is C14H17N3O. The summed E-state index contributed by atoms with van der Waals surface area (Å²) in [6.45, 7) is 1.79. The fourth-order valence-corrected chi connectivity index (χ4v) is 2.53. The molecule has 3 rings (SSSR count). The summed E-state index contributed by atoms with van der Waals surface area (Å²) in [5.41, 5.74) is 8.64. The summed E-state index contributed by atoms with van der Waals surface area (Å²) in [5.74, 6) is 0. The van der Waals surface area contributed by atoms with Crippen molar-refractivity contribution >= 4 is 22.3 Å². The molecule has 4 heteroatoms. The summed E-state index contributed by atoms with van der Waals surface area (Å²) in [6, 6.07) is 7.87. The Morgan fingerprint density at radius 1 is 1.22 bits per heavy atom. The van der Waals surface area contributed by atoms with Crippen LogP contribution in [0.3, 0.4) is 0 Å². The Morgan fingerprint density at radius 2 is 2.00 bits per heavy atom. The van der Waals surface area contributed by atoms with Gasteiger partial charge in [-0.2, -0.15) is 0 Å². The van der Waals surface area contributed by atoms with Gasteiger partial charge in [0.25, 0.3) is 0 Å². The maximum atomic E-state index is 9.57. The van der Waals surface area contributed by atoms with Crippen LogP contribution in [-0.2, 0) is 0 Å². The van der Waals surface area contributed by atoms with Gasteiger partial charge in [-0.3, -0.25) is 4.98 Å². The molecule has 1 aromatic heterocycles. The molecule has 0 amide bonds. The SMILES string of the molecule is Nc1ccc2c(N3CCC(O)CC3)ccnc2c1. The minimum atomic E-state index is -0.148. The lowest BCUT2D eigenvalue weighted by Gasteiger charge is -2.32. The molecule has 3 N–H and O–H groups in total. The zero-order valence-corrected chi connectivity index (χ0v) is 10.2. The van der Waals surface area contributed by atoms with Crippen LogP contribution in [0.5, 0.6) is 0 Å². The molecule has 1 saturated heterocycles. The fourth-order valence-electron chi connectivity index (χ4n) is 2.53. The zero-order chi connectivity index (χ0) is 12.5. The van der Waals surface area contributed by atoms with E-state index >= 15 is 0 Å². The summed E-state index contributed by atoms with van der Waals surface area (Å²) in [4.78, 5) is 6.67. The van der Waals surface area contributed by atoms with Gasteiger partial charge in [-0.25, -0.2) is 0 Å². The van der Waals surface area contributed by atoms with Crippen molar-refractivity contribution in [3.8, 4) is 0 Å². The maximum Gasteiger partial charge on any atom is 0.0743 e. The summed E-state index contributed by atoms with van der Waals surface area (Å²) >= 11 is 0. The second kappa shape index (κ2) is 4.46. The van der Waals surface area contributed by atoms with E-state index in [1.807, 2.05) is 30.5 Å². The number of nitrogens with zero attached hydrogens (tertiary/aromatic N) is 2. The highest BCUT2D eigenvalue weighted by Gasteiger charge is 2.18. The highest BCUT2D eigenvalue weighted by molar-refractivity contribution is 5.93. The van der Waals surface area contributed by atoms with Crippen molar-refractivity contribution in [3.63, 3.8) is 0 Å². The minimum Gasteiger partial charge on any atom is -0.399 e. The maximum absolute atomic E-state index is 9.57. The van der Waals surface area contributed by atoms with Crippen LogP contribution >= 0.6 is 0 Å². The Hall–Kier alpha value is -1.81. The van der Waals surface area contributed by atoms with Crippen molar-refractivity contribution in [3.05, 3.63) is 30.5 Å². The van der Waals surface area contributed by atoms with E-state index in [0.29, 0.717) is 0 Å². The first-order chi connectivity index (χ1) is 8.74. The molecule has 0 bridgehead atoms. The van der Waals surface area contributed by atoms with Crippen molar-refractivity contribution in [2.24, 2.45) is 0 Å². The van der Waals surface area contributed by atoms with E-state index < -0.39 is 0 Å². The molecule has 94 valence electrons. The normalized spacial score (nSPS) is 17.3. The molecule has 2 aromatic rings. The van der Waals surface area contributed by atoms with E-state index in [9.17, 15) is 5.11 Å². The Bertz CT molecular complexity index is 562. The van der Waals surface area contributed by atoms with Gasteiger partial charge in [-0.05, 0) is 37.1 Å². The van der Waals surface area contributed by atoms with E-state index in [0.717, 1.165) is 42.5 Å². The van der Waals surface area contributed by atoms with Crippen LogP contribution in [0.15, 0.2) is 30.5 Å². The summed E-state index contributed by atoms with van der Waals surface area (Å²) in [6.07, 6.45) is 3.34. The second-order valence-electron chi connectivity index (χ2n) is 4.82. The quantitative estimate of drug-likeness (QED) is 0.749. The van der Waals surface area contributed by atoms with Crippen LogP contribution in [0.25, 0.3) is 10.9 Å². The Kier molecular flexibility index (Phi) is 2.80. The number of aromatic nitrogens is 1. The number of rotatable bonds is 1. The summed E-state index contributed by atoms with van der Waals surface area (Å²) in [5, 5.41) is 10.7. The van der Waals surface area contributed by atoms with E-state index in [2.05, 4.69) is 9.88 Å². The smallest absolute Gasteiger partial charge is 0.0743 e. The van der Waals surface area contributed by atoms with E-state index in [1.54, 1.807) is 0 Å². The van der Waals surface area contributed by atoms with Crippen LogP contribution in [0.1, 0.15) is 12.8 Å². The third kappa shape index (κ3) is 1.99. The fraction of sp³-hybridized carbons (Fsp3) is 0.357. The average Bonchev–Trinajstić information content (AvgIpc) is 2.38. The number of nitrogen functional groups attached to an aromatic ring is 1. The molecule has 0 unspecified atom stereocenters. The van der Waals surface area contributed by atoms with Crippen LogP contribution in [-0.4, -0.2) is 29.3 Å². The minimum absolute atomic E-state index is 0.148. The lowest BCUT2D eigenvalue weighted by Crippen LogP contribution is -2.35. The van der Waals surface area contributed by atoms with Crippen LogP contribution in [0.4, 0.5) is 11.4 Å². The monoisotopic (exact) mass is 243 g/mol. The molecular weight excluding hydrogens is 226 g/mol. The number of anilines is 2. The van der Waals surface area contributed by atoms with Crippen molar-refractivity contribution in [1.82, 2.24) is 4.98 Å². The van der Waals surface area contributed by atoms with Crippen molar-refractivity contribution in [1.29, 1.82) is 0 Å². The number of aliphatic hydroxyl groups is 1. The number of nitrogens with two attached hydrogens (primary N) is 1. The van der Waals surface area contributed by atoms with Crippen molar-refractivity contribution in [2.45, 2.75) is 18.9 Å². The first-order valence-electron chi connectivity index (χ1n) is 6.31. The van der Waals surface area contributed by atoms with Gasteiger partial charge in [0.05, 0.1) is 11.6 Å². The Balaban J connectivity index is 2.01. The lowest BCUT2D eigenvalue weighted by atomic mass is 10.1. The number of piperidine rings is 1. The Morgan fingerprint density at radius 3 is 2.78 bits per heavy atom. The van der Waals surface area contributed by atoms with Gasteiger partial charge in [-0.1, -0.05) is 0 Å².